The van der Waals surface area contributed by atoms with Crippen LogP contribution in [0.1, 0.15) is 39.5 Å². The summed E-state index contributed by atoms with van der Waals surface area (Å²) in [4.78, 5) is 13.9. The van der Waals surface area contributed by atoms with Crippen LogP contribution in [0.25, 0.3) is 10.4 Å². The number of allylic oxidation sites excluding steroid dienone is 1. The van der Waals surface area contributed by atoms with E-state index in [1.54, 1.807) is 6.92 Å². The molecule has 0 aromatic rings. The highest BCUT2D eigenvalue weighted by Gasteiger charge is 2.70. The highest BCUT2D eigenvalue weighted by atomic mass is 19.4. The Labute approximate surface area is 148 Å². The van der Waals surface area contributed by atoms with Gasteiger partial charge in [-0.15, -0.1) is 0 Å². The molecule has 0 aromatic carbocycles. The van der Waals surface area contributed by atoms with Crippen molar-refractivity contribution in [2.24, 2.45) is 22.9 Å². The lowest BCUT2D eigenvalue weighted by molar-refractivity contribution is -0.557. The predicted octanol–water partition coefficient (Wildman–Crippen LogP) is 4.36. The Balaban J connectivity index is 1.89. The fourth-order valence-corrected chi connectivity index (χ4v) is 5.03. The summed E-state index contributed by atoms with van der Waals surface area (Å²) in [5, 5.41) is 3.38. The smallest absolute Gasteiger partial charge is 0.448 e. The van der Waals surface area contributed by atoms with Gasteiger partial charge in [-0.3, -0.25) is 0 Å². The van der Waals surface area contributed by atoms with Crippen molar-refractivity contribution in [3.8, 4) is 0 Å². The van der Waals surface area contributed by atoms with Crippen LogP contribution in [0.3, 0.4) is 0 Å². The largest absolute Gasteiger partial charge is 0.456 e. The first kappa shape index (κ1) is 17.9. The number of rotatable bonds is 2. The fraction of sp³-hybridized carbons (Fsp3) is 0.875. The van der Waals surface area contributed by atoms with E-state index in [2.05, 4.69) is 16.9 Å². The molecule has 0 aromatic heterocycles. The zero-order chi connectivity index (χ0) is 18.7. The van der Waals surface area contributed by atoms with Crippen LogP contribution >= 0.6 is 0 Å². The molecule has 6 atom stereocenters. The Hall–Kier alpha value is -1.48. The topological polar surface area (TPSA) is 85.7 Å². The third-order valence-electron chi connectivity index (χ3n) is 6.22. The van der Waals surface area contributed by atoms with E-state index in [4.69, 9.17) is 24.8 Å². The van der Waals surface area contributed by atoms with Crippen LogP contribution in [0.4, 0.5) is 13.2 Å². The third kappa shape index (κ3) is 2.43. The van der Waals surface area contributed by atoms with Crippen LogP contribution in [0.5, 0.6) is 0 Å². The summed E-state index contributed by atoms with van der Waals surface area (Å²) in [5.74, 6) is -2.77. The maximum Gasteiger partial charge on any atom is 0.448 e. The molecule has 0 radical (unpaired) electrons. The number of nitrogens with zero attached hydrogens (tertiary/aromatic N) is 3. The molecule has 4 heterocycles. The summed E-state index contributed by atoms with van der Waals surface area (Å²) in [6.45, 7) is 3.28. The van der Waals surface area contributed by atoms with E-state index in [1.165, 1.54) is 0 Å². The minimum atomic E-state index is -4.71. The second-order valence-corrected chi connectivity index (χ2v) is 7.72. The summed E-state index contributed by atoms with van der Waals surface area (Å²) >= 11 is 0. The molecule has 5 rings (SSSR count). The molecule has 1 spiro atoms. The molecule has 4 aliphatic heterocycles. The summed E-state index contributed by atoms with van der Waals surface area (Å²) < 4.78 is 52.2. The van der Waals surface area contributed by atoms with Crippen LogP contribution in [-0.4, -0.2) is 30.4 Å². The second-order valence-electron chi connectivity index (χ2n) is 7.72. The highest BCUT2D eigenvalue weighted by molar-refractivity contribution is 5.29. The van der Waals surface area contributed by atoms with Gasteiger partial charge in [0.15, 0.2) is 5.60 Å². The molecule has 2 bridgehead atoms. The van der Waals surface area contributed by atoms with Gasteiger partial charge in [-0.1, -0.05) is 12.0 Å². The molecule has 0 N–H and O–H groups in total. The molecule has 0 amide bonds. The Morgan fingerprint density at radius 1 is 1.27 bits per heavy atom. The van der Waals surface area contributed by atoms with Crippen LogP contribution in [0, 0.1) is 17.8 Å². The SMILES string of the molecule is C[C@@H]1CC[C@H]2C(CN=[N+]=[N-])=C(C(F)(F)F)O[C@@H]3O[C@]4(C)CC[C@@H]1[C@]32OO4. The monoisotopic (exact) mass is 375 g/mol. The number of hydrogen-bond donors (Lipinski definition) is 0. The molecule has 1 aliphatic carbocycles. The lowest BCUT2D eigenvalue weighted by atomic mass is 9.59. The van der Waals surface area contributed by atoms with Crippen molar-refractivity contribution < 1.29 is 32.4 Å². The lowest BCUT2D eigenvalue weighted by Crippen LogP contribution is -2.67. The van der Waals surface area contributed by atoms with Gasteiger partial charge in [-0.25, -0.2) is 9.78 Å². The van der Waals surface area contributed by atoms with E-state index < -0.39 is 42.1 Å². The zero-order valence-electron chi connectivity index (χ0n) is 14.5. The molecule has 0 unspecified atom stereocenters. The number of azide groups is 1. The minimum Gasteiger partial charge on any atom is -0.456 e. The van der Waals surface area contributed by atoms with Crippen LogP contribution in [-0.2, 0) is 19.2 Å². The van der Waals surface area contributed by atoms with Crippen molar-refractivity contribution in [1.29, 1.82) is 0 Å². The van der Waals surface area contributed by atoms with Gasteiger partial charge in [-0.2, -0.15) is 13.2 Å². The first-order valence-corrected chi connectivity index (χ1v) is 8.73. The molecule has 10 heteroatoms. The number of ether oxygens (including phenoxy) is 2. The van der Waals surface area contributed by atoms with E-state index in [0.717, 1.165) is 6.42 Å². The van der Waals surface area contributed by atoms with Gasteiger partial charge in [0.05, 0.1) is 6.54 Å². The van der Waals surface area contributed by atoms with Crippen molar-refractivity contribution in [2.45, 2.75) is 63.4 Å². The first-order chi connectivity index (χ1) is 12.2. The molecule has 4 fully saturated rings. The van der Waals surface area contributed by atoms with Crippen molar-refractivity contribution in [3.05, 3.63) is 21.8 Å². The van der Waals surface area contributed by atoms with E-state index in [1.807, 2.05) is 0 Å². The van der Waals surface area contributed by atoms with Crippen molar-refractivity contribution in [3.63, 3.8) is 0 Å². The molecule has 144 valence electrons. The van der Waals surface area contributed by atoms with Crippen molar-refractivity contribution in [2.75, 3.05) is 6.54 Å². The average Bonchev–Trinajstić information content (AvgIpc) is 2.80. The number of alkyl halides is 3. The van der Waals surface area contributed by atoms with Gasteiger partial charge in [0.25, 0.3) is 0 Å². The quantitative estimate of drug-likeness (QED) is 0.311. The Kier molecular flexibility index (Phi) is 3.97. The molecule has 1 saturated carbocycles. The molecule has 7 nitrogen and oxygen atoms in total. The summed E-state index contributed by atoms with van der Waals surface area (Å²) in [6, 6.07) is 0. The Bertz CT molecular complexity index is 693. The first-order valence-electron chi connectivity index (χ1n) is 8.73. The molecule has 3 saturated heterocycles. The van der Waals surface area contributed by atoms with Gasteiger partial charge in [-0.05, 0) is 43.2 Å². The Morgan fingerprint density at radius 3 is 2.73 bits per heavy atom. The van der Waals surface area contributed by atoms with E-state index in [0.29, 0.717) is 19.3 Å². The van der Waals surface area contributed by atoms with Crippen LogP contribution < -0.4 is 0 Å². The van der Waals surface area contributed by atoms with Crippen LogP contribution in [0.2, 0.25) is 0 Å². The van der Waals surface area contributed by atoms with Crippen molar-refractivity contribution >= 4 is 0 Å². The van der Waals surface area contributed by atoms with Gasteiger partial charge in [0.1, 0.15) is 0 Å². The van der Waals surface area contributed by atoms with Crippen LogP contribution in [0.15, 0.2) is 16.4 Å². The fourth-order valence-electron chi connectivity index (χ4n) is 5.03. The Morgan fingerprint density at radius 2 is 2.04 bits per heavy atom. The summed E-state index contributed by atoms with van der Waals surface area (Å²) in [6.07, 6.45) is -3.52. The standard InChI is InChI=1S/C16H20F3N3O4/c1-8-3-4-11-9(7-21-22-20)12(16(17,18)19)23-13-15(11)10(8)5-6-14(2,24-13)25-26-15/h8,10-11,13H,3-7H2,1-2H3/t8-,10+,11+,13-,14+,15-/m1/s1. The maximum atomic E-state index is 13.7. The van der Waals surface area contributed by atoms with E-state index >= 15 is 0 Å². The van der Waals surface area contributed by atoms with E-state index in [-0.39, 0.29) is 17.4 Å². The average molecular weight is 375 g/mol. The lowest BCUT2D eigenvalue weighted by Gasteiger charge is -2.57. The molecule has 26 heavy (non-hydrogen) atoms. The predicted molar refractivity (Wildman–Crippen MR) is 81.0 cm³/mol. The van der Waals surface area contributed by atoms with Gasteiger partial charge >= 0.3 is 6.18 Å². The molecule has 5 aliphatic rings. The number of hydrogen-bond acceptors (Lipinski definition) is 5. The van der Waals surface area contributed by atoms with Gasteiger partial charge < -0.3 is 9.47 Å². The molecular formula is C16H20F3N3O4. The number of halogens is 3. The van der Waals surface area contributed by atoms with Gasteiger partial charge in [0.2, 0.25) is 17.8 Å². The normalized spacial score (nSPS) is 44.7. The van der Waals surface area contributed by atoms with Crippen molar-refractivity contribution in [1.82, 2.24) is 0 Å². The third-order valence-corrected chi connectivity index (χ3v) is 6.22. The van der Waals surface area contributed by atoms with Gasteiger partial charge in [0, 0.05) is 23.2 Å². The highest BCUT2D eigenvalue weighted by Crippen LogP contribution is 2.61. The summed E-state index contributed by atoms with van der Waals surface area (Å²) in [7, 11) is 0. The number of fused-ring (bicyclic) bond motifs is 2. The molecular weight excluding hydrogens is 355 g/mol. The zero-order valence-corrected chi connectivity index (χ0v) is 14.5. The minimum absolute atomic E-state index is 0.0774. The summed E-state index contributed by atoms with van der Waals surface area (Å²) in [5.41, 5.74) is 7.38. The maximum absolute atomic E-state index is 13.7. The second kappa shape index (κ2) is 5.76. The van der Waals surface area contributed by atoms with E-state index in [9.17, 15) is 13.2 Å².